The predicted molar refractivity (Wildman–Crippen MR) is 99.3 cm³/mol. The van der Waals surface area contributed by atoms with Crippen molar-refractivity contribution in [3.63, 3.8) is 0 Å². The predicted octanol–water partition coefficient (Wildman–Crippen LogP) is 3.50. The van der Waals surface area contributed by atoms with Crippen molar-refractivity contribution < 1.29 is 9.94 Å². The lowest BCUT2D eigenvalue weighted by Gasteiger charge is -2.10. The van der Waals surface area contributed by atoms with E-state index in [1.807, 2.05) is 49.4 Å². The van der Waals surface area contributed by atoms with Crippen LogP contribution in [-0.2, 0) is 6.54 Å². The molecule has 3 heterocycles. The van der Waals surface area contributed by atoms with Gasteiger partial charge in [-0.15, -0.1) is 0 Å². The number of hydrogen-bond acceptors (Lipinski definition) is 4. The topological polar surface area (TPSA) is 66.3 Å². The molecule has 0 unspecified atom stereocenters. The van der Waals surface area contributed by atoms with E-state index in [1.165, 1.54) is 0 Å². The Morgan fingerprint density at radius 2 is 2.00 bits per heavy atom. The van der Waals surface area contributed by atoms with Crippen molar-refractivity contribution >= 4 is 23.1 Å². The fourth-order valence-corrected chi connectivity index (χ4v) is 2.88. The van der Waals surface area contributed by atoms with E-state index in [0.29, 0.717) is 6.54 Å². The Kier molecular flexibility index (Phi) is 4.18. The van der Waals surface area contributed by atoms with Crippen LogP contribution < -0.4 is 10.0 Å². The van der Waals surface area contributed by atoms with Crippen molar-refractivity contribution in [1.82, 2.24) is 14.6 Å². The summed E-state index contributed by atoms with van der Waals surface area (Å²) >= 11 is 5.84. The number of aryl methyl sites for hydroxylation is 1. The SMILES string of the molecule is Cc1cnn2c(NCc3ccc(Cl)[n+](O)c3)cc(-c3ccccc3)nc12. The Morgan fingerprint density at radius 3 is 2.77 bits per heavy atom. The van der Waals surface area contributed by atoms with Crippen LogP contribution in [0, 0.1) is 6.92 Å². The second-order valence-electron chi connectivity index (χ2n) is 6.01. The van der Waals surface area contributed by atoms with E-state index in [1.54, 1.807) is 23.0 Å². The van der Waals surface area contributed by atoms with Crippen molar-refractivity contribution in [2.75, 3.05) is 5.32 Å². The summed E-state index contributed by atoms with van der Waals surface area (Å²) in [6.07, 6.45) is 3.37. The monoisotopic (exact) mass is 366 g/mol. The van der Waals surface area contributed by atoms with E-state index >= 15 is 0 Å². The molecule has 0 saturated carbocycles. The number of pyridine rings is 1. The van der Waals surface area contributed by atoms with Crippen LogP contribution in [0.5, 0.6) is 0 Å². The highest BCUT2D eigenvalue weighted by Crippen LogP contribution is 2.23. The van der Waals surface area contributed by atoms with Gasteiger partial charge in [0.2, 0.25) is 6.20 Å². The van der Waals surface area contributed by atoms with Gasteiger partial charge in [0.05, 0.1) is 11.9 Å². The molecular weight excluding hydrogens is 350 g/mol. The lowest BCUT2D eigenvalue weighted by atomic mass is 10.1. The van der Waals surface area contributed by atoms with Crippen molar-refractivity contribution in [3.05, 3.63) is 77.2 Å². The van der Waals surface area contributed by atoms with Crippen LogP contribution in [0.3, 0.4) is 0 Å². The van der Waals surface area contributed by atoms with Gasteiger partial charge in [0.15, 0.2) is 5.65 Å². The van der Waals surface area contributed by atoms with Gasteiger partial charge in [-0.05, 0) is 24.6 Å². The van der Waals surface area contributed by atoms with E-state index in [2.05, 4.69) is 10.4 Å². The average Bonchev–Trinajstić information content (AvgIpc) is 3.04. The fraction of sp³-hybridized carbons (Fsp3) is 0.105. The standard InChI is InChI=1S/C19H17ClN5O/c1-13-10-22-25-18(21-11-14-7-8-17(20)24(26)12-14)9-16(23-19(13)25)15-5-3-2-4-6-15/h2-10,12,21,26H,11H2,1H3/q+1. The Morgan fingerprint density at radius 1 is 1.19 bits per heavy atom. The normalized spacial score (nSPS) is 11.0. The van der Waals surface area contributed by atoms with E-state index in [-0.39, 0.29) is 5.15 Å². The van der Waals surface area contributed by atoms with Crippen LogP contribution in [0.4, 0.5) is 5.82 Å². The molecule has 0 aliphatic carbocycles. The smallest absolute Gasteiger partial charge is 0.325 e. The maximum atomic E-state index is 9.69. The number of anilines is 1. The molecule has 7 heteroatoms. The summed E-state index contributed by atoms with van der Waals surface area (Å²) in [6, 6.07) is 15.5. The molecule has 0 aliphatic heterocycles. The minimum absolute atomic E-state index is 0.258. The molecule has 0 atom stereocenters. The van der Waals surface area contributed by atoms with Gasteiger partial charge in [0, 0.05) is 40.1 Å². The third-order valence-electron chi connectivity index (χ3n) is 4.13. The molecule has 130 valence electrons. The molecule has 6 nitrogen and oxygen atoms in total. The third-order valence-corrected chi connectivity index (χ3v) is 4.43. The third kappa shape index (κ3) is 3.07. The average molecular weight is 367 g/mol. The summed E-state index contributed by atoms with van der Waals surface area (Å²) in [5.41, 5.74) is 4.61. The van der Waals surface area contributed by atoms with Gasteiger partial charge in [-0.1, -0.05) is 30.3 Å². The van der Waals surface area contributed by atoms with Crippen molar-refractivity contribution in [2.24, 2.45) is 0 Å². The van der Waals surface area contributed by atoms with Crippen LogP contribution >= 0.6 is 11.6 Å². The van der Waals surface area contributed by atoms with Crippen LogP contribution in [-0.4, -0.2) is 19.8 Å². The van der Waals surface area contributed by atoms with E-state index in [9.17, 15) is 5.21 Å². The van der Waals surface area contributed by atoms with Gasteiger partial charge in [0.25, 0.3) is 0 Å². The van der Waals surface area contributed by atoms with E-state index in [0.717, 1.165) is 38.6 Å². The zero-order chi connectivity index (χ0) is 18.1. The Balaban J connectivity index is 1.72. The molecule has 0 saturated heterocycles. The zero-order valence-electron chi connectivity index (χ0n) is 14.1. The largest absolute Gasteiger partial charge is 0.366 e. The zero-order valence-corrected chi connectivity index (χ0v) is 14.9. The number of benzene rings is 1. The van der Waals surface area contributed by atoms with Gasteiger partial charge in [-0.3, -0.25) is 5.21 Å². The first kappa shape index (κ1) is 16.4. The molecule has 2 N–H and O–H groups in total. The molecule has 4 aromatic rings. The molecule has 0 fully saturated rings. The Hall–Kier alpha value is -3.12. The number of halogens is 1. The number of hydrogen-bond donors (Lipinski definition) is 2. The second kappa shape index (κ2) is 6.65. The van der Waals surface area contributed by atoms with Crippen molar-refractivity contribution in [2.45, 2.75) is 13.5 Å². The number of nitrogens with zero attached hydrogens (tertiary/aromatic N) is 4. The van der Waals surface area contributed by atoms with Gasteiger partial charge >= 0.3 is 5.15 Å². The lowest BCUT2D eigenvalue weighted by molar-refractivity contribution is -0.903. The summed E-state index contributed by atoms with van der Waals surface area (Å²) in [6.45, 7) is 2.49. The summed E-state index contributed by atoms with van der Waals surface area (Å²) in [4.78, 5) is 4.75. The highest BCUT2D eigenvalue weighted by molar-refractivity contribution is 6.28. The number of nitrogens with one attached hydrogen (secondary N) is 1. The molecule has 0 amide bonds. The summed E-state index contributed by atoms with van der Waals surface area (Å²) in [7, 11) is 0. The minimum Gasteiger partial charge on any atom is -0.366 e. The number of rotatable bonds is 4. The quantitative estimate of drug-likeness (QED) is 0.329. The van der Waals surface area contributed by atoms with Crippen LogP contribution in [0.1, 0.15) is 11.1 Å². The molecule has 26 heavy (non-hydrogen) atoms. The number of aromatic nitrogens is 4. The lowest BCUT2D eigenvalue weighted by Crippen LogP contribution is -2.31. The number of fused-ring (bicyclic) bond motifs is 1. The first-order chi connectivity index (χ1) is 12.6. The first-order valence-electron chi connectivity index (χ1n) is 8.16. The molecule has 0 bridgehead atoms. The molecule has 0 spiro atoms. The summed E-state index contributed by atoms with van der Waals surface area (Å²) in [5, 5.41) is 17.7. The maximum Gasteiger partial charge on any atom is 0.325 e. The van der Waals surface area contributed by atoms with Crippen LogP contribution in [0.2, 0.25) is 5.15 Å². The van der Waals surface area contributed by atoms with Gasteiger partial charge in [-0.25, -0.2) is 4.98 Å². The van der Waals surface area contributed by atoms with Gasteiger partial charge < -0.3 is 5.32 Å². The van der Waals surface area contributed by atoms with Crippen molar-refractivity contribution in [3.8, 4) is 11.3 Å². The van der Waals surface area contributed by atoms with Gasteiger partial charge in [0.1, 0.15) is 5.82 Å². The summed E-state index contributed by atoms with van der Waals surface area (Å²) in [5.74, 6) is 0.821. The first-order valence-corrected chi connectivity index (χ1v) is 8.53. The highest BCUT2D eigenvalue weighted by Gasteiger charge is 2.12. The molecule has 4 rings (SSSR count). The van der Waals surface area contributed by atoms with Crippen LogP contribution in [0.25, 0.3) is 16.9 Å². The Bertz CT molecular complexity index is 1080. The summed E-state index contributed by atoms with van der Waals surface area (Å²) < 4.78 is 2.68. The fourth-order valence-electron chi connectivity index (χ4n) is 2.77. The Labute approximate surface area is 155 Å². The molecular formula is C19H17ClN5O+. The minimum atomic E-state index is 0.258. The van der Waals surface area contributed by atoms with Crippen molar-refractivity contribution in [1.29, 1.82) is 0 Å². The second-order valence-corrected chi connectivity index (χ2v) is 6.40. The van der Waals surface area contributed by atoms with Crippen LogP contribution in [0.15, 0.2) is 60.9 Å². The maximum absolute atomic E-state index is 9.69. The highest BCUT2D eigenvalue weighted by atomic mass is 35.5. The molecule has 3 aromatic heterocycles. The molecule has 0 radical (unpaired) electrons. The molecule has 0 aliphatic rings. The van der Waals surface area contributed by atoms with E-state index in [4.69, 9.17) is 16.6 Å². The molecule has 1 aromatic carbocycles. The van der Waals surface area contributed by atoms with Gasteiger partial charge in [-0.2, -0.15) is 9.61 Å². The van der Waals surface area contributed by atoms with E-state index < -0.39 is 0 Å².